The number of thioether (sulfide) groups is 1. The summed E-state index contributed by atoms with van der Waals surface area (Å²) in [5, 5.41) is 17.0. The van der Waals surface area contributed by atoms with Gasteiger partial charge in [-0.15, -0.1) is 11.8 Å². The summed E-state index contributed by atoms with van der Waals surface area (Å²) in [6.07, 6.45) is 3.26. The number of carbonyl (C=O) groups excluding carboxylic acids is 1. The fourth-order valence-electron chi connectivity index (χ4n) is 3.82. The van der Waals surface area contributed by atoms with Crippen molar-refractivity contribution in [1.29, 1.82) is 0 Å². The molecule has 0 aliphatic heterocycles. The van der Waals surface area contributed by atoms with Gasteiger partial charge in [-0.2, -0.15) is 5.10 Å². The van der Waals surface area contributed by atoms with Crippen LogP contribution in [0, 0.1) is 0 Å². The SMILES string of the molecule is CC(NC(=O)Nc1cccc(CSc2ncnc3[nH]ncc23)c1)c1cccc2ccccc12. The fraction of sp³-hybridized carbons (Fsp3) is 0.120. The Labute approximate surface area is 195 Å². The molecule has 0 radical (unpaired) electrons. The van der Waals surface area contributed by atoms with Crippen molar-refractivity contribution in [3.8, 4) is 0 Å². The zero-order valence-electron chi connectivity index (χ0n) is 17.9. The Hall–Kier alpha value is -3.91. The van der Waals surface area contributed by atoms with Crippen molar-refractivity contribution in [3.05, 3.63) is 90.4 Å². The highest BCUT2D eigenvalue weighted by molar-refractivity contribution is 7.98. The van der Waals surface area contributed by atoms with E-state index in [1.54, 1.807) is 18.0 Å². The molecule has 0 aliphatic rings. The van der Waals surface area contributed by atoms with Crippen molar-refractivity contribution in [2.24, 2.45) is 0 Å². The summed E-state index contributed by atoms with van der Waals surface area (Å²) in [5.41, 5.74) is 3.63. The molecule has 0 saturated heterocycles. The first-order valence-electron chi connectivity index (χ1n) is 10.6. The molecule has 5 rings (SSSR count). The molecule has 2 heterocycles. The molecule has 0 aliphatic carbocycles. The monoisotopic (exact) mass is 454 g/mol. The average molecular weight is 455 g/mol. The van der Waals surface area contributed by atoms with Crippen molar-refractivity contribution in [2.45, 2.75) is 23.7 Å². The molecule has 0 saturated carbocycles. The predicted molar refractivity (Wildman–Crippen MR) is 132 cm³/mol. The van der Waals surface area contributed by atoms with E-state index in [4.69, 9.17) is 0 Å². The molecule has 164 valence electrons. The molecule has 1 atom stereocenters. The number of nitrogens with zero attached hydrogens (tertiary/aromatic N) is 3. The van der Waals surface area contributed by atoms with Gasteiger partial charge < -0.3 is 10.6 Å². The summed E-state index contributed by atoms with van der Waals surface area (Å²) in [6, 6.07) is 21.8. The Morgan fingerprint density at radius 3 is 2.82 bits per heavy atom. The Kier molecular flexibility index (Phi) is 5.91. The van der Waals surface area contributed by atoms with Gasteiger partial charge in [0.15, 0.2) is 5.65 Å². The third kappa shape index (κ3) is 4.65. The molecule has 2 aromatic heterocycles. The summed E-state index contributed by atoms with van der Waals surface area (Å²) in [7, 11) is 0. The van der Waals surface area contributed by atoms with Gasteiger partial charge in [-0.25, -0.2) is 14.8 Å². The van der Waals surface area contributed by atoms with Crippen LogP contribution in [0.25, 0.3) is 21.8 Å². The zero-order chi connectivity index (χ0) is 22.6. The number of anilines is 1. The van der Waals surface area contributed by atoms with Gasteiger partial charge in [0, 0.05) is 11.4 Å². The minimum absolute atomic E-state index is 0.134. The van der Waals surface area contributed by atoms with Crippen LogP contribution in [0.5, 0.6) is 0 Å². The predicted octanol–water partition coefficient (Wildman–Crippen LogP) is 5.68. The van der Waals surface area contributed by atoms with E-state index in [-0.39, 0.29) is 12.1 Å². The number of urea groups is 1. The van der Waals surface area contributed by atoms with E-state index in [1.807, 2.05) is 49.4 Å². The fourth-order valence-corrected chi connectivity index (χ4v) is 4.73. The number of carbonyl (C=O) groups is 1. The minimum Gasteiger partial charge on any atom is -0.331 e. The van der Waals surface area contributed by atoms with E-state index in [9.17, 15) is 4.79 Å². The second-order valence-electron chi connectivity index (χ2n) is 7.69. The van der Waals surface area contributed by atoms with Gasteiger partial charge in [0.2, 0.25) is 0 Å². The molecule has 7 nitrogen and oxygen atoms in total. The molecule has 0 fully saturated rings. The van der Waals surface area contributed by atoms with Crippen LogP contribution < -0.4 is 10.6 Å². The normalized spacial score (nSPS) is 12.0. The Morgan fingerprint density at radius 1 is 1.03 bits per heavy atom. The highest BCUT2D eigenvalue weighted by Gasteiger charge is 2.13. The number of amides is 2. The lowest BCUT2D eigenvalue weighted by Crippen LogP contribution is -2.31. The lowest BCUT2D eigenvalue weighted by atomic mass is 10.00. The van der Waals surface area contributed by atoms with E-state index in [2.05, 4.69) is 55.1 Å². The molecule has 8 heteroatoms. The number of aromatic nitrogens is 4. The molecule has 5 aromatic rings. The lowest BCUT2D eigenvalue weighted by Gasteiger charge is -2.17. The van der Waals surface area contributed by atoms with Gasteiger partial charge >= 0.3 is 6.03 Å². The number of nitrogens with one attached hydrogen (secondary N) is 3. The van der Waals surface area contributed by atoms with Crippen molar-refractivity contribution < 1.29 is 4.79 Å². The number of hydrogen-bond acceptors (Lipinski definition) is 5. The number of benzene rings is 3. The van der Waals surface area contributed by atoms with Crippen LogP contribution in [0.2, 0.25) is 0 Å². The summed E-state index contributed by atoms with van der Waals surface area (Å²) in [5.74, 6) is 0.709. The first-order valence-corrected chi connectivity index (χ1v) is 11.6. The molecule has 3 N–H and O–H groups in total. The zero-order valence-corrected chi connectivity index (χ0v) is 18.8. The maximum Gasteiger partial charge on any atom is 0.319 e. The van der Waals surface area contributed by atoms with Crippen LogP contribution in [0.3, 0.4) is 0 Å². The standard InChI is InChI=1S/C25H22N6OS/c1-16(20-11-5-8-18-7-2-3-10-21(18)20)29-25(32)30-19-9-4-6-17(12-19)14-33-24-22-13-28-31-23(22)26-15-27-24/h2-13,15-16H,14H2,1H3,(H2,29,30,32)(H,26,27,28,31). The molecule has 1 unspecified atom stereocenters. The molecule has 2 amide bonds. The molecule has 0 bridgehead atoms. The quantitative estimate of drug-likeness (QED) is 0.227. The molecule has 33 heavy (non-hydrogen) atoms. The number of hydrogen-bond donors (Lipinski definition) is 3. The van der Waals surface area contributed by atoms with Crippen molar-refractivity contribution in [3.63, 3.8) is 0 Å². The van der Waals surface area contributed by atoms with Crippen LogP contribution in [0.15, 0.2) is 84.3 Å². The van der Waals surface area contributed by atoms with Gasteiger partial charge in [0.05, 0.1) is 17.6 Å². The highest BCUT2D eigenvalue weighted by atomic mass is 32.2. The molecule has 3 aromatic carbocycles. The van der Waals surface area contributed by atoms with Crippen molar-refractivity contribution in [2.75, 3.05) is 5.32 Å². The van der Waals surface area contributed by atoms with Gasteiger partial charge in [-0.05, 0) is 41.0 Å². The van der Waals surface area contributed by atoms with E-state index in [1.165, 1.54) is 6.33 Å². The summed E-state index contributed by atoms with van der Waals surface area (Å²) >= 11 is 1.60. The average Bonchev–Trinajstić information content (AvgIpc) is 3.32. The first-order chi connectivity index (χ1) is 16.2. The Balaban J connectivity index is 1.24. The van der Waals surface area contributed by atoms with Gasteiger partial charge in [0.1, 0.15) is 11.4 Å². The third-order valence-corrected chi connectivity index (χ3v) is 6.49. The van der Waals surface area contributed by atoms with Gasteiger partial charge in [-0.1, -0.05) is 54.6 Å². The summed E-state index contributed by atoms with van der Waals surface area (Å²) < 4.78 is 0. The van der Waals surface area contributed by atoms with Crippen LogP contribution >= 0.6 is 11.8 Å². The van der Waals surface area contributed by atoms with Crippen LogP contribution in [0.4, 0.5) is 10.5 Å². The minimum atomic E-state index is -0.240. The topological polar surface area (TPSA) is 95.6 Å². The lowest BCUT2D eigenvalue weighted by molar-refractivity contribution is 0.249. The number of fused-ring (bicyclic) bond motifs is 2. The number of aromatic amines is 1. The van der Waals surface area contributed by atoms with Gasteiger partial charge in [-0.3, -0.25) is 5.10 Å². The molecular formula is C25H22N6OS. The van der Waals surface area contributed by atoms with E-state index in [0.29, 0.717) is 5.75 Å². The van der Waals surface area contributed by atoms with Crippen LogP contribution in [-0.2, 0) is 5.75 Å². The van der Waals surface area contributed by atoms with E-state index < -0.39 is 0 Å². The third-order valence-electron chi connectivity index (χ3n) is 5.41. The number of rotatable bonds is 6. The second kappa shape index (κ2) is 9.30. The maximum atomic E-state index is 12.7. The molecule has 0 spiro atoms. The van der Waals surface area contributed by atoms with Gasteiger partial charge in [0.25, 0.3) is 0 Å². The summed E-state index contributed by atoms with van der Waals surface area (Å²) in [4.78, 5) is 21.2. The summed E-state index contributed by atoms with van der Waals surface area (Å²) in [6.45, 7) is 1.99. The highest BCUT2D eigenvalue weighted by Crippen LogP contribution is 2.27. The van der Waals surface area contributed by atoms with Crippen molar-refractivity contribution in [1.82, 2.24) is 25.5 Å². The van der Waals surface area contributed by atoms with E-state index in [0.717, 1.165) is 43.6 Å². The largest absolute Gasteiger partial charge is 0.331 e. The molecular weight excluding hydrogens is 432 g/mol. The Bertz CT molecular complexity index is 1430. The first kappa shape index (κ1) is 21.0. The van der Waals surface area contributed by atoms with E-state index >= 15 is 0 Å². The maximum absolute atomic E-state index is 12.7. The smallest absolute Gasteiger partial charge is 0.319 e. The van der Waals surface area contributed by atoms with Crippen molar-refractivity contribution >= 4 is 45.3 Å². The van der Waals surface area contributed by atoms with Crippen LogP contribution in [-0.4, -0.2) is 26.2 Å². The Morgan fingerprint density at radius 2 is 1.88 bits per heavy atom. The second-order valence-corrected chi connectivity index (χ2v) is 8.65. The van der Waals surface area contributed by atoms with Crippen LogP contribution in [0.1, 0.15) is 24.1 Å². The number of H-pyrrole nitrogens is 1.